The van der Waals surface area contributed by atoms with E-state index in [1.807, 2.05) is 13.0 Å². The Morgan fingerprint density at radius 3 is 2.87 bits per heavy atom. The molecule has 0 atom stereocenters. The fourth-order valence-corrected chi connectivity index (χ4v) is 1.16. The Morgan fingerprint density at radius 1 is 1.53 bits per heavy atom. The van der Waals surface area contributed by atoms with Gasteiger partial charge in [-0.05, 0) is 31.0 Å². The third-order valence-corrected chi connectivity index (χ3v) is 2.16. The summed E-state index contributed by atoms with van der Waals surface area (Å²) in [6.45, 7) is 2.45. The van der Waals surface area contributed by atoms with Gasteiger partial charge in [0.15, 0.2) is 0 Å². The van der Waals surface area contributed by atoms with Crippen LogP contribution >= 0.6 is 0 Å². The van der Waals surface area contributed by atoms with Gasteiger partial charge in [0.25, 0.3) is 5.91 Å². The molecular weight excluding hydrogens is 192 g/mol. The minimum Gasteiger partial charge on any atom is -0.398 e. The summed E-state index contributed by atoms with van der Waals surface area (Å²) < 4.78 is 0. The van der Waals surface area contributed by atoms with Crippen molar-refractivity contribution in [3.8, 4) is 0 Å². The minimum absolute atomic E-state index is 0.0797. The van der Waals surface area contributed by atoms with Crippen molar-refractivity contribution >= 4 is 11.6 Å². The Balaban J connectivity index is 2.62. The van der Waals surface area contributed by atoms with Gasteiger partial charge in [-0.15, -0.1) is 0 Å². The molecule has 4 N–H and O–H groups in total. The highest BCUT2D eigenvalue weighted by Gasteiger charge is 2.05. The highest BCUT2D eigenvalue weighted by molar-refractivity contribution is 5.95. The number of anilines is 1. The average Bonchev–Trinajstić information content (AvgIpc) is 2.22. The molecular formula is C11H16N2O2. The monoisotopic (exact) mass is 208 g/mol. The molecule has 4 nitrogen and oxygen atoms in total. The summed E-state index contributed by atoms with van der Waals surface area (Å²) in [5.41, 5.74) is 7.82. The van der Waals surface area contributed by atoms with Crippen LogP contribution in [0.1, 0.15) is 22.3 Å². The molecule has 0 saturated carbocycles. The van der Waals surface area contributed by atoms with Crippen LogP contribution in [0.5, 0.6) is 0 Å². The number of carbonyl (C=O) groups is 1. The van der Waals surface area contributed by atoms with Crippen LogP contribution in [-0.2, 0) is 0 Å². The standard InChI is InChI=1S/C11H16N2O2/c1-8-3-4-9(7-10(8)12)11(15)13-5-2-6-14/h3-4,7,14H,2,5-6,12H2,1H3,(H,13,15). The number of aliphatic hydroxyl groups is 1. The predicted octanol–water partition coefficient (Wildman–Crippen LogP) is 0.689. The van der Waals surface area contributed by atoms with E-state index in [1.165, 1.54) is 0 Å². The number of hydrogen-bond acceptors (Lipinski definition) is 3. The molecule has 4 heteroatoms. The lowest BCUT2D eigenvalue weighted by molar-refractivity contribution is 0.0951. The van der Waals surface area contributed by atoms with Gasteiger partial charge in [-0.25, -0.2) is 0 Å². The lowest BCUT2D eigenvalue weighted by atomic mass is 10.1. The van der Waals surface area contributed by atoms with Crippen LogP contribution in [0, 0.1) is 6.92 Å². The zero-order valence-corrected chi connectivity index (χ0v) is 8.79. The molecule has 15 heavy (non-hydrogen) atoms. The Labute approximate surface area is 89.1 Å². The number of hydrogen-bond donors (Lipinski definition) is 3. The molecule has 0 radical (unpaired) electrons. The molecule has 0 unspecified atom stereocenters. The lowest BCUT2D eigenvalue weighted by Crippen LogP contribution is -2.25. The first-order valence-electron chi connectivity index (χ1n) is 4.90. The Morgan fingerprint density at radius 2 is 2.27 bits per heavy atom. The number of nitrogens with two attached hydrogens (primary N) is 1. The number of rotatable bonds is 4. The molecule has 1 rings (SSSR count). The van der Waals surface area contributed by atoms with Gasteiger partial charge in [-0.2, -0.15) is 0 Å². The van der Waals surface area contributed by atoms with Crippen LogP contribution in [0.3, 0.4) is 0 Å². The number of amides is 1. The zero-order valence-electron chi connectivity index (χ0n) is 8.79. The molecule has 1 amide bonds. The Hall–Kier alpha value is -1.55. The van der Waals surface area contributed by atoms with Crippen molar-refractivity contribution < 1.29 is 9.90 Å². The van der Waals surface area contributed by atoms with Gasteiger partial charge in [-0.3, -0.25) is 4.79 Å². The molecule has 0 aliphatic heterocycles. The molecule has 82 valence electrons. The van der Waals surface area contributed by atoms with Crippen LogP contribution in [0.25, 0.3) is 0 Å². The number of aryl methyl sites for hydroxylation is 1. The fraction of sp³-hybridized carbons (Fsp3) is 0.364. The second-order valence-corrected chi connectivity index (χ2v) is 3.40. The van der Waals surface area contributed by atoms with E-state index in [0.29, 0.717) is 24.2 Å². The summed E-state index contributed by atoms with van der Waals surface area (Å²) in [5, 5.41) is 11.3. The predicted molar refractivity (Wildman–Crippen MR) is 59.6 cm³/mol. The van der Waals surface area contributed by atoms with Gasteiger partial charge in [0.05, 0.1) is 0 Å². The first-order chi connectivity index (χ1) is 7.15. The largest absolute Gasteiger partial charge is 0.398 e. The molecule has 1 aromatic rings. The van der Waals surface area contributed by atoms with Crippen molar-refractivity contribution in [1.82, 2.24) is 5.32 Å². The molecule has 0 spiro atoms. The second-order valence-electron chi connectivity index (χ2n) is 3.40. The van der Waals surface area contributed by atoms with Gasteiger partial charge in [0.2, 0.25) is 0 Å². The maximum Gasteiger partial charge on any atom is 0.251 e. The van der Waals surface area contributed by atoms with E-state index < -0.39 is 0 Å². The maximum absolute atomic E-state index is 11.5. The molecule has 0 saturated heterocycles. The van der Waals surface area contributed by atoms with Gasteiger partial charge in [-0.1, -0.05) is 6.07 Å². The SMILES string of the molecule is Cc1ccc(C(=O)NCCCO)cc1N. The Kier molecular flexibility index (Phi) is 4.12. The summed E-state index contributed by atoms with van der Waals surface area (Å²) in [7, 11) is 0. The third-order valence-electron chi connectivity index (χ3n) is 2.16. The zero-order chi connectivity index (χ0) is 11.3. The van der Waals surface area contributed by atoms with Crippen molar-refractivity contribution in [2.45, 2.75) is 13.3 Å². The van der Waals surface area contributed by atoms with Crippen molar-refractivity contribution in [2.24, 2.45) is 0 Å². The van der Waals surface area contributed by atoms with Crippen LogP contribution < -0.4 is 11.1 Å². The molecule has 0 bridgehead atoms. The van der Waals surface area contributed by atoms with E-state index in [0.717, 1.165) is 5.56 Å². The molecule has 0 aromatic heterocycles. The minimum atomic E-state index is -0.157. The van der Waals surface area contributed by atoms with Crippen molar-refractivity contribution in [1.29, 1.82) is 0 Å². The number of nitrogens with one attached hydrogen (secondary N) is 1. The smallest absolute Gasteiger partial charge is 0.251 e. The Bertz CT molecular complexity index is 350. The van der Waals surface area contributed by atoms with E-state index in [4.69, 9.17) is 10.8 Å². The normalized spacial score (nSPS) is 10.0. The summed E-state index contributed by atoms with van der Waals surface area (Å²) in [4.78, 5) is 11.5. The van der Waals surface area contributed by atoms with Gasteiger partial charge < -0.3 is 16.2 Å². The molecule has 0 aliphatic rings. The van der Waals surface area contributed by atoms with Crippen molar-refractivity contribution in [2.75, 3.05) is 18.9 Å². The van der Waals surface area contributed by atoms with Crippen LogP contribution in [-0.4, -0.2) is 24.2 Å². The number of benzene rings is 1. The van der Waals surface area contributed by atoms with E-state index in [1.54, 1.807) is 12.1 Å². The average molecular weight is 208 g/mol. The summed E-state index contributed by atoms with van der Waals surface area (Å²) >= 11 is 0. The first kappa shape index (κ1) is 11.5. The maximum atomic E-state index is 11.5. The fourth-order valence-electron chi connectivity index (χ4n) is 1.16. The van der Waals surface area contributed by atoms with E-state index >= 15 is 0 Å². The molecule has 0 heterocycles. The topological polar surface area (TPSA) is 75.3 Å². The number of carbonyl (C=O) groups excluding carboxylic acids is 1. The highest BCUT2D eigenvalue weighted by Crippen LogP contribution is 2.12. The third kappa shape index (κ3) is 3.25. The molecule has 0 fully saturated rings. The van der Waals surface area contributed by atoms with Gasteiger partial charge in [0, 0.05) is 24.4 Å². The van der Waals surface area contributed by atoms with Crippen LogP contribution in [0.15, 0.2) is 18.2 Å². The van der Waals surface area contributed by atoms with Crippen LogP contribution in [0.4, 0.5) is 5.69 Å². The molecule has 1 aromatic carbocycles. The summed E-state index contributed by atoms with van der Waals surface area (Å²) in [6, 6.07) is 5.21. The van der Waals surface area contributed by atoms with Gasteiger partial charge in [0.1, 0.15) is 0 Å². The second kappa shape index (κ2) is 5.36. The van der Waals surface area contributed by atoms with Crippen molar-refractivity contribution in [3.05, 3.63) is 29.3 Å². The van der Waals surface area contributed by atoms with E-state index in [2.05, 4.69) is 5.32 Å². The van der Waals surface area contributed by atoms with E-state index in [9.17, 15) is 4.79 Å². The summed E-state index contributed by atoms with van der Waals surface area (Å²) in [5.74, 6) is -0.157. The highest BCUT2D eigenvalue weighted by atomic mass is 16.3. The van der Waals surface area contributed by atoms with Gasteiger partial charge >= 0.3 is 0 Å². The lowest BCUT2D eigenvalue weighted by Gasteiger charge is -2.06. The number of aliphatic hydroxyl groups excluding tert-OH is 1. The molecule has 0 aliphatic carbocycles. The van der Waals surface area contributed by atoms with E-state index in [-0.39, 0.29) is 12.5 Å². The summed E-state index contributed by atoms with van der Waals surface area (Å²) in [6.07, 6.45) is 0.563. The van der Waals surface area contributed by atoms with Crippen LogP contribution in [0.2, 0.25) is 0 Å². The number of nitrogen functional groups attached to an aromatic ring is 1. The first-order valence-corrected chi connectivity index (χ1v) is 4.90. The van der Waals surface area contributed by atoms with Crippen molar-refractivity contribution in [3.63, 3.8) is 0 Å². The quantitative estimate of drug-likeness (QED) is 0.503.